The number of amides is 1. The van der Waals surface area contributed by atoms with Gasteiger partial charge in [-0.15, -0.1) is 11.3 Å². The van der Waals surface area contributed by atoms with Gasteiger partial charge in [0.15, 0.2) is 6.61 Å². The van der Waals surface area contributed by atoms with E-state index in [0.717, 1.165) is 29.5 Å². The minimum atomic E-state index is -0.329. The molecule has 8 heteroatoms. The van der Waals surface area contributed by atoms with E-state index in [2.05, 4.69) is 15.3 Å². The predicted octanol–water partition coefficient (Wildman–Crippen LogP) is 3.72. The highest BCUT2D eigenvalue weighted by Crippen LogP contribution is 2.39. The van der Waals surface area contributed by atoms with Gasteiger partial charge in [0.1, 0.15) is 17.2 Å². The Kier molecular flexibility index (Phi) is 4.45. The number of aryl methyl sites for hydroxylation is 2. The second kappa shape index (κ2) is 6.90. The third-order valence-electron chi connectivity index (χ3n) is 4.18. The fraction of sp³-hybridized carbons (Fsp3) is 0.222. The Morgan fingerprint density at radius 1 is 1.38 bits per heavy atom. The quantitative estimate of drug-likeness (QED) is 0.740. The second-order valence-electron chi connectivity index (χ2n) is 5.86. The lowest BCUT2D eigenvalue weighted by atomic mass is 10.2. The predicted molar refractivity (Wildman–Crippen MR) is 99.7 cm³/mol. The number of halogens is 1. The van der Waals surface area contributed by atoms with Crippen molar-refractivity contribution in [3.05, 3.63) is 45.6 Å². The summed E-state index contributed by atoms with van der Waals surface area (Å²) in [4.78, 5) is 22.9. The number of thiophene rings is 1. The van der Waals surface area contributed by atoms with E-state index >= 15 is 0 Å². The molecule has 0 fully saturated rings. The first kappa shape index (κ1) is 16.8. The molecule has 0 spiro atoms. The number of aromatic nitrogens is 2. The van der Waals surface area contributed by atoms with E-state index in [0.29, 0.717) is 17.1 Å². The van der Waals surface area contributed by atoms with Gasteiger partial charge in [0.2, 0.25) is 5.88 Å². The number of hydrogen-bond donors (Lipinski definition) is 1. The molecule has 1 aromatic carbocycles. The fourth-order valence-corrected chi connectivity index (χ4v) is 4.47. The first-order valence-electron chi connectivity index (χ1n) is 8.03. The van der Waals surface area contributed by atoms with E-state index in [-0.39, 0.29) is 17.5 Å². The number of anilines is 1. The Morgan fingerprint density at radius 2 is 2.27 bits per heavy atom. The van der Waals surface area contributed by atoms with Crippen molar-refractivity contribution in [1.82, 2.24) is 9.97 Å². The monoisotopic (exact) mass is 384 g/mol. The maximum absolute atomic E-state index is 12.2. The van der Waals surface area contributed by atoms with Crippen molar-refractivity contribution in [2.45, 2.75) is 19.3 Å². The summed E-state index contributed by atoms with van der Waals surface area (Å²) in [6, 6.07) is 6.69. The third kappa shape index (κ3) is 3.09. The van der Waals surface area contributed by atoms with Gasteiger partial charge >= 0.3 is 0 Å². The Bertz CT molecular complexity index is 1060. The van der Waals surface area contributed by atoms with E-state index < -0.39 is 0 Å². The van der Waals surface area contributed by atoms with E-state index in [1.807, 2.05) is 6.07 Å². The van der Waals surface area contributed by atoms with E-state index in [4.69, 9.17) is 21.6 Å². The number of rotatable bonds is 4. The van der Waals surface area contributed by atoms with Crippen LogP contribution in [0.4, 0.5) is 5.69 Å². The minimum Gasteiger partial charge on any atom is -0.467 e. The van der Waals surface area contributed by atoms with Crippen LogP contribution < -0.4 is 10.1 Å². The van der Waals surface area contributed by atoms with Crippen molar-refractivity contribution >= 4 is 44.7 Å². The van der Waals surface area contributed by atoms with Crippen LogP contribution in [0, 0.1) is 11.3 Å². The zero-order valence-corrected chi connectivity index (χ0v) is 15.2. The van der Waals surface area contributed by atoms with Crippen molar-refractivity contribution in [1.29, 1.82) is 5.26 Å². The maximum Gasteiger partial charge on any atom is 0.262 e. The van der Waals surface area contributed by atoms with Gasteiger partial charge in [0.05, 0.1) is 16.0 Å². The lowest BCUT2D eigenvalue weighted by Crippen LogP contribution is -2.20. The molecule has 0 atom stereocenters. The van der Waals surface area contributed by atoms with E-state index in [1.165, 1.54) is 22.8 Å². The highest BCUT2D eigenvalue weighted by Gasteiger charge is 2.22. The topological polar surface area (TPSA) is 87.9 Å². The SMILES string of the molecule is N#Cc1ccc(NC(=O)COc2ncnc3sc4c(c23)CCC4)cc1Cl. The number of nitrogens with one attached hydrogen (secondary N) is 1. The Balaban J connectivity index is 1.48. The molecule has 1 aliphatic rings. The number of nitrogens with zero attached hydrogens (tertiary/aromatic N) is 3. The molecule has 0 unspecified atom stereocenters. The third-order valence-corrected chi connectivity index (χ3v) is 5.69. The van der Waals surface area contributed by atoms with Gasteiger partial charge in [-0.25, -0.2) is 9.97 Å². The molecule has 0 radical (unpaired) electrons. The molecule has 0 aliphatic heterocycles. The summed E-state index contributed by atoms with van der Waals surface area (Å²) in [5, 5.41) is 12.8. The molecule has 1 aliphatic carbocycles. The normalized spacial score (nSPS) is 12.6. The average molecular weight is 385 g/mol. The van der Waals surface area contributed by atoms with E-state index in [1.54, 1.807) is 23.5 Å². The van der Waals surface area contributed by atoms with Crippen LogP contribution in [-0.4, -0.2) is 22.5 Å². The summed E-state index contributed by atoms with van der Waals surface area (Å²) in [6.45, 7) is -0.172. The molecular weight excluding hydrogens is 372 g/mol. The summed E-state index contributed by atoms with van der Waals surface area (Å²) in [7, 11) is 0. The van der Waals surface area contributed by atoms with Crippen LogP contribution >= 0.6 is 22.9 Å². The van der Waals surface area contributed by atoms with Gasteiger partial charge in [-0.3, -0.25) is 4.79 Å². The molecule has 0 saturated carbocycles. The number of fused-ring (bicyclic) bond motifs is 3. The standard InChI is InChI=1S/C18H13ClN4O2S/c19-13-6-11(5-4-10(13)7-20)23-15(24)8-25-17-16-12-2-1-3-14(12)26-18(16)22-9-21-17/h4-6,9H,1-3,8H2,(H,23,24). The highest BCUT2D eigenvalue weighted by molar-refractivity contribution is 7.18. The lowest BCUT2D eigenvalue weighted by molar-refractivity contribution is -0.118. The molecule has 2 heterocycles. The Morgan fingerprint density at radius 3 is 3.08 bits per heavy atom. The summed E-state index contributed by atoms with van der Waals surface area (Å²) in [5.74, 6) is 0.117. The summed E-state index contributed by atoms with van der Waals surface area (Å²) in [5.41, 5.74) is 2.11. The first-order valence-corrected chi connectivity index (χ1v) is 9.22. The van der Waals surface area contributed by atoms with Crippen LogP contribution in [0.3, 0.4) is 0 Å². The minimum absolute atomic E-state index is 0.172. The second-order valence-corrected chi connectivity index (χ2v) is 7.35. The molecule has 4 rings (SSSR count). The number of hydrogen-bond acceptors (Lipinski definition) is 6. The van der Waals surface area contributed by atoms with Crippen LogP contribution in [0.25, 0.3) is 10.2 Å². The van der Waals surface area contributed by atoms with Gasteiger partial charge in [0, 0.05) is 10.6 Å². The van der Waals surface area contributed by atoms with Crippen LogP contribution in [0.5, 0.6) is 5.88 Å². The molecule has 1 amide bonds. The maximum atomic E-state index is 12.2. The zero-order valence-electron chi connectivity index (χ0n) is 13.6. The van der Waals surface area contributed by atoms with Crippen LogP contribution in [0.2, 0.25) is 5.02 Å². The van der Waals surface area contributed by atoms with Crippen molar-refractivity contribution in [2.75, 3.05) is 11.9 Å². The summed E-state index contributed by atoms with van der Waals surface area (Å²) < 4.78 is 5.67. The Hall–Kier alpha value is -2.69. The fourth-order valence-electron chi connectivity index (χ4n) is 3.02. The molecule has 0 saturated heterocycles. The van der Waals surface area contributed by atoms with Gasteiger partial charge < -0.3 is 10.1 Å². The zero-order chi connectivity index (χ0) is 18.1. The van der Waals surface area contributed by atoms with Gasteiger partial charge in [-0.2, -0.15) is 5.26 Å². The molecule has 2 aromatic heterocycles. The molecular formula is C18H13ClN4O2S. The van der Waals surface area contributed by atoms with Gasteiger partial charge in [-0.05, 0) is 43.0 Å². The van der Waals surface area contributed by atoms with Crippen molar-refractivity contribution in [3.63, 3.8) is 0 Å². The van der Waals surface area contributed by atoms with E-state index in [9.17, 15) is 4.79 Å². The molecule has 130 valence electrons. The van der Waals surface area contributed by atoms with Crippen molar-refractivity contribution in [2.24, 2.45) is 0 Å². The van der Waals surface area contributed by atoms with Crippen LogP contribution in [0.1, 0.15) is 22.4 Å². The van der Waals surface area contributed by atoms with Gasteiger partial charge in [0.25, 0.3) is 5.91 Å². The number of carbonyl (C=O) groups is 1. The molecule has 0 bridgehead atoms. The van der Waals surface area contributed by atoms with Crippen LogP contribution in [-0.2, 0) is 17.6 Å². The van der Waals surface area contributed by atoms with Crippen LogP contribution in [0.15, 0.2) is 24.5 Å². The summed E-state index contributed by atoms with van der Waals surface area (Å²) >= 11 is 7.64. The number of carbonyl (C=O) groups excluding carboxylic acids is 1. The average Bonchev–Trinajstić information content (AvgIpc) is 3.21. The molecule has 6 nitrogen and oxygen atoms in total. The highest BCUT2D eigenvalue weighted by atomic mass is 35.5. The lowest BCUT2D eigenvalue weighted by Gasteiger charge is -2.08. The largest absolute Gasteiger partial charge is 0.467 e. The van der Waals surface area contributed by atoms with Crippen molar-refractivity contribution < 1.29 is 9.53 Å². The smallest absolute Gasteiger partial charge is 0.262 e. The number of nitriles is 1. The molecule has 26 heavy (non-hydrogen) atoms. The molecule has 1 N–H and O–H groups in total. The number of benzene rings is 1. The van der Waals surface area contributed by atoms with Crippen molar-refractivity contribution in [3.8, 4) is 11.9 Å². The Labute approximate surface area is 158 Å². The summed E-state index contributed by atoms with van der Waals surface area (Å²) in [6.07, 6.45) is 4.65. The van der Waals surface area contributed by atoms with Gasteiger partial charge in [-0.1, -0.05) is 11.6 Å². The molecule has 3 aromatic rings. The first-order chi connectivity index (χ1) is 12.7. The number of ether oxygens (including phenoxy) is 1.